The van der Waals surface area contributed by atoms with Crippen LogP contribution in [0.5, 0.6) is 0 Å². The normalized spacial score (nSPS) is 10.8. The van der Waals surface area contributed by atoms with Crippen molar-refractivity contribution in [3.63, 3.8) is 0 Å². The summed E-state index contributed by atoms with van der Waals surface area (Å²) in [4.78, 5) is 35.4. The molecule has 3 aromatic rings. The third kappa shape index (κ3) is 5.91. The Balaban J connectivity index is 1.72. The van der Waals surface area contributed by atoms with Crippen LogP contribution in [-0.4, -0.2) is 28.9 Å². The number of nitrogens with zero attached hydrogens (tertiary/aromatic N) is 3. The van der Waals surface area contributed by atoms with Gasteiger partial charge in [-0.05, 0) is 36.4 Å². The molecule has 154 valence electrons. The van der Waals surface area contributed by atoms with Gasteiger partial charge in [0.25, 0.3) is 5.69 Å². The van der Waals surface area contributed by atoms with Crippen molar-refractivity contribution in [1.29, 1.82) is 0 Å². The number of hydrogen-bond acceptors (Lipinski definition) is 8. The maximum absolute atomic E-state index is 12.4. The van der Waals surface area contributed by atoms with Crippen molar-refractivity contribution in [3.8, 4) is 0 Å². The first-order valence-corrected chi connectivity index (χ1v) is 9.10. The number of Topliss-reactive ketones (excluding diaryl/α,β-unsaturated/α-hetero) is 2. The van der Waals surface area contributed by atoms with E-state index in [-0.39, 0.29) is 11.1 Å². The smallest absolute Gasteiger partial charge is 0.281 e. The van der Waals surface area contributed by atoms with Crippen LogP contribution in [0.4, 0.5) is 17.1 Å². The number of ketones is 2. The summed E-state index contributed by atoms with van der Waals surface area (Å²) < 4.78 is 0. The van der Waals surface area contributed by atoms with E-state index in [0.717, 1.165) is 18.5 Å². The van der Waals surface area contributed by atoms with E-state index in [9.17, 15) is 19.7 Å². The summed E-state index contributed by atoms with van der Waals surface area (Å²) >= 11 is 0. The molecule has 0 atom stereocenters. The molecule has 0 aliphatic heterocycles. The highest BCUT2D eigenvalue weighted by molar-refractivity contribution is 6.38. The number of carbonyl (C=O) groups excluding carboxylic acids is 2. The van der Waals surface area contributed by atoms with Gasteiger partial charge in [-0.3, -0.25) is 30.6 Å². The number of nitrogens with one attached hydrogen (secondary N) is 2. The third-order valence-corrected chi connectivity index (χ3v) is 4.04. The summed E-state index contributed by atoms with van der Waals surface area (Å²) in [6.07, 6.45) is 1.96. The lowest BCUT2D eigenvalue weighted by atomic mass is 10.0. The molecule has 0 bridgehead atoms. The lowest BCUT2D eigenvalue weighted by Crippen LogP contribution is -2.09. The van der Waals surface area contributed by atoms with Gasteiger partial charge in [0.2, 0.25) is 11.6 Å². The SMILES string of the molecule is O=C(C=NNc1ccccc1)c1ccc(C(=O)/C=N\Nc2ccccc2)c([N+](=O)[O-])c1. The molecule has 3 aromatic carbocycles. The first-order valence-electron chi connectivity index (χ1n) is 9.10. The van der Waals surface area contributed by atoms with Crippen molar-refractivity contribution < 1.29 is 14.5 Å². The lowest BCUT2D eigenvalue weighted by Gasteiger charge is -2.02. The van der Waals surface area contributed by atoms with Gasteiger partial charge in [-0.15, -0.1) is 0 Å². The van der Waals surface area contributed by atoms with E-state index in [1.54, 1.807) is 48.5 Å². The van der Waals surface area contributed by atoms with E-state index in [2.05, 4.69) is 21.1 Å². The summed E-state index contributed by atoms with van der Waals surface area (Å²) in [7, 11) is 0. The minimum Gasteiger partial charge on any atom is -0.287 e. The molecule has 3 rings (SSSR count). The molecule has 0 aliphatic rings. The number of nitro groups is 1. The van der Waals surface area contributed by atoms with Gasteiger partial charge in [0.15, 0.2) is 0 Å². The second kappa shape index (κ2) is 10.2. The Morgan fingerprint density at radius 1 is 0.774 bits per heavy atom. The second-order valence-corrected chi connectivity index (χ2v) is 6.19. The lowest BCUT2D eigenvalue weighted by molar-refractivity contribution is -0.385. The maximum Gasteiger partial charge on any atom is 0.281 e. The van der Waals surface area contributed by atoms with Gasteiger partial charge in [0.05, 0.1) is 28.7 Å². The third-order valence-electron chi connectivity index (χ3n) is 4.04. The number of hydrogen-bond donors (Lipinski definition) is 2. The van der Waals surface area contributed by atoms with Gasteiger partial charge in [0.1, 0.15) is 5.56 Å². The molecule has 2 N–H and O–H groups in total. The highest BCUT2D eigenvalue weighted by atomic mass is 16.6. The fourth-order valence-corrected chi connectivity index (χ4v) is 2.54. The number of hydrazone groups is 2. The highest BCUT2D eigenvalue weighted by Crippen LogP contribution is 2.21. The number of nitro benzene ring substituents is 1. The summed E-state index contributed by atoms with van der Waals surface area (Å²) in [5.41, 5.74) is 6.04. The van der Waals surface area contributed by atoms with Crippen LogP contribution in [0.1, 0.15) is 20.7 Å². The van der Waals surface area contributed by atoms with E-state index in [1.807, 2.05) is 12.1 Å². The Morgan fingerprint density at radius 3 is 1.81 bits per heavy atom. The van der Waals surface area contributed by atoms with Crippen LogP contribution in [-0.2, 0) is 0 Å². The molecule has 0 heterocycles. The van der Waals surface area contributed by atoms with Gasteiger partial charge in [-0.2, -0.15) is 10.2 Å². The zero-order valence-corrected chi connectivity index (χ0v) is 16.1. The van der Waals surface area contributed by atoms with E-state index in [0.29, 0.717) is 11.4 Å². The highest BCUT2D eigenvalue weighted by Gasteiger charge is 2.21. The predicted molar refractivity (Wildman–Crippen MR) is 119 cm³/mol. The molecule has 0 spiro atoms. The zero-order valence-electron chi connectivity index (χ0n) is 16.1. The Morgan fingerprint density at radius 2 is 1.29 bits per heavy atom. The summed E-state index contributed by atoms with van der Waals surface area (Å²) in [6, 6.07) is 21.5. The van der Waals surface area contributed by atoms with Crippen LogP contribution in [0.25, 0.3) is 0 Å². The first-order chi connectivity index (χ1) is 15.0. The molecule has 0 aliphatic carbocycles. The van der Waals surface area contributed by atoms with Crippen LogP contribution < -0.4 is 10.9 Å². The standard InChI is InChI=1S/C22H17N5O4/c28-21(14-23-25-17-7-3-1-4-8-17)16-11-12-19(20(13-16)27(30)31)22(29)15-24-26-18-9-5-2-6-10-18/h1-15,25-26H/b23-14?,24-15-. The van der Waals surface area contributed by atoms with Crippen molar-refractivity contribution >= 4 is 41.1 Å². The number of carbonyl (C=O) groups is 2. The fourth-order valence-electron chi connectivity index (χ4n) is 2.54. The quantitative estimate of drug-likeness (QED) is 0.234. The molecule has 0 saturated carbocycles. The van der Waals surface area contributed by atoms with Gasteiger partial charge in [-0.1, -0.05) is 36.4 Å². The van der Waals surface area contributed by atoms with Crippen LogP contribution in [0.15, 0.2) is 89.1 Å². The molecule has 0 radical (unpaired) electrons. The summed E-state index contributed by atoms with van der Waals surface area (Å²) in [5, 5.41) is 19.1. The minimum atomic E-state index is -0.720. The van der Waals surface area contributed by atoms with Crippen molar-refractivity contribution in [3.05, 3.63) is 100 Å². The monoisotopic (exact) mass is 415 g/mol. The largest absolute Gasteiger partial charge is 0.287 e. The number of rotatable bonds is 9. The number of para-hydroxylation sites is 2. The Labute approximate surface area is 177 Å². The zero-order chi connectivity index (χ0) is 22.1. The average molecular weight is 415 g/mol. The number of benzene rings is 3. The predicted octanol–water partition coefficient (Wildman–Crippen LogP) is 4.16. The molecule has 0 fully saturated rings. The van der Waals surface area contributed by atoms with Crippen LogP contribution >= 0.6 is 0 Å². The molecular formula is C22H17N5O4. The fraction of sp³-hybridized carbons (Fsp3) is 0. The molecule has 0 saturated heterocycles. The van der Waals surface area contributed by atoms with Gasteiger partial charge < -0.3 is 0 Å². The molecular weight excluding hydrogens is 398 g/mol. The Hall–Kier alpha value is -4.66. The molecule has 31 heavy (non-hydrogen) atoms. The van der Waals surface area contributed by atoms with Crippen LogP contribution in [0.3, 0.4) is 0 Å². The topological polar surface area (TPSA) is 126 Å². The van der Waals surface area contributed by atoms with Crippen molar-refractivity contribution in [2.75, 3.05) is 10.9 Å². The second-order valence-electron chi connectivity index (χ2n) is 6.19. The Kier molecular flexibility index (Phi) is 6.94. The van der Waals surface area contributed by atoms with E-state index < -0.39 is 22.2 Å². The Bertz CT molecular complexity index is 1150. The molecule has 9 heteroatoms. The summed E-state index contributed by atoms with van der Waals surface area (Å²) in [5.74, 6) is -1.22. The minimum absolute atomic E-state index is 0.0289. The van der Waals surface area contributed by atoms with Crippen LogP contribution in [0.2, 0.25) is 0 Å². The van der Waals surface area contributed by atoms with E-state index in [4.69, 9.17) is 0 Å². The van der Waals surface area contributed by atoms with Crippen molar-refractivity contribution in [2.45, 2.75) is 0 Å². The van der Waals surface area contributed by atoms with Gasteiger partial charge in [0, 0.05) is 11.6 Å². The molecule has 0 amide bonds. The maximum atomic E-state index is 12.4. The molecule has 9 nitrogen and oxygen atoms in total. The first kappa shape index (κ1) is 21.1. The van der Waals surface area contributed by atoms with Crippen molar-refractivity contribution in [1.82, 2.24) is 0 Å². The van der Waals surface area contributed by atoms with Crippen molar-refractivity contribution in [2.24, 2.45) is 10.2 Å². The average Bonchev–Trinajstić information content (AvgIpc) is 2.80. The van der Waals surface area contributed by atoms with E-state index >= 15 is 0 Å². The molecule has 0 unspecified atom stereocenters. The van der Waals surface area contributed by atoms with Gasteiger partial charge in [-0.25, -0.2) is 0 Å². The molecule has 0 aromatic heterocycles. The van der Waals surface area contributed by atoms with Gasteiger partial charge >= 0.3 is 0 Å². The summed E-state index contributed by atoms with van der Waals surface area (Å²) in [6.45, 7) is 0. The van der Waals surface area contributed by atoms with Crippen LogP contribution in [0, 0.1) is 10.1 Å². The number of anilines is 2. The van der Waals surface area contributed by atoms with E-state index in [1.165, 1.54) is 12.1 Å².